The average molecular weight is 589 g/mol. The van der Waals surface area contributed by atoms with Gasteiger partial charge < -0.3 is 9.47 Å². The van der Waals surface area contributed by atoms with Crippen LogP contribution in [0.3, 0.4) is 0 Å². The fourth-order valence-electron chi connectivity index (χ4n) is 7.11. The van der Waals surface area contributed by atoms with Crippen LogP contribution in [-0.2, 0) is 0 Å². The molecular weight excluding hydrogens is 566 g/mol. The third-order valence-corrected chi connectivity index (χ3v) is 9.38. The van der Waals surface area contributed by atoms with Gasteiger partial charge in [-0.1, -0.05) is 84.9 Å². The van der Waals surface area contributed by atoms with E-state index in [1.807, 2.05) is 60.7 Å². The van der Waals surface area contributed by atoms with Gasteiger partial charge in [-0.15, -0.1) is 0 Å². The van der Waals surface area contributed by atoms with Crippen LogP contribution in [0.25, 0.3) is 33.4 Å². The standard InChI is InChI=1S/C35H22F6O2/c1-31-27(23-15-13-21(17-25(23)42-31)19-9-5-3-6-10-19)29-30(34(38,39)35(40,41)33(29,36)37)28-24-16-14-22(20-11-7-4-8-12-20)18-26(24)43-32(28,31)2/h3-18H,1-2H3. The third kappa shape index (κ3) is 2.96. The molecule has 216 valence electrons. The zero-order valence-corrected chi connectivity index (χ0v) is 22.8. The van der Waals surface area contributed by atoms with Crippen LogP contribution in [0.4, 0.5) is 26.3 Å². The van der Waals surface area contributed by atoms with Gasteiger partial charge in [-0.2, -0.15) is 26.3 Å². The molecular formula is C35H22F6O2. The number of allylic oxidation sites excluding steroid dienone is 2. The summed E-state index contributed by atoms with van der Waals surface area (Å²) in [6.45, 7) is 2.89. The van der Waals surface area contributed by atoms with E-state index >= 15 is 26.3 Å². The van der Waals surface area contributed by atoms with Gasteiger partial charge in [-0.25, -0.2) is 0 Å². The number of alkyl halides is 6. The van der Waals surface area contributed by atoms with Gasteiger partial charge in [0.2, 0.25) is 0 Å². The molecule has 2 nitrogen and oxygen atoms in total. The predicted molar refractivity (Wildman–Crippen MR) is 151 cm³/mol. The highest BCUT2D eigenvalue weighted by Crippen LogP contribution is 2.73. The summed E-state index contributed by atoms with van der Waals surface area (Å²) in [5.74, 6) is -15.8. The molecule has 2 unspecified atom stereocenters. The Labute approximate surface area is 242 Å². The Morgan fingerprint density at radius 3 is 1.19 bits per heavy atom. The summed E-state index contributed by atoms with van der Waals surface area (Å²) in [7, 11) is 0. The minimum Gasteiger partial charge on any atom is -0.478 e. The molecule has 0 bridgehead atoms. The Balaban J connectivity index is 1.42. The largest absolute Gasteiger partial charge is 0.478 e. The van der Waals surface area contributed by atoms with Crippen LogP contribution in [0.15, 0.2) is 108 Å². The number of hydrogen-bond donors (Lipinski definition) is 0. The van der Waals surface area contributed by atoms with Crippen molar-refractivity contribution in [2.45, 2.75) is 42.8 Å². The zero-order valence-electron chi connectivity index (χ0n) is 22.8. The van der Waals surface area contributed by atoms with Crippen LogP contribution in [0.5, 0.6) is 11.5 Å². The normalized spacial score (nSPS) is 26.6. The lowest BCUT2D eigenvalue weighted by Gasteiger charge is -2.45. The molecule has 2 aliphatic heterocycles. The van der Waals surface area contributed by atoms with Crippen LogP contribution in [0.1, 0.15) is 25.0 Å². The predicted octanol–water partition coefficient (Wildman–Crippen LogP) is 9.46. The summed E-state index contributed by atoms with van der Waals surface area (Å²) in [6.07, 6.45) is 0. The summed E-state index contributed by atoms with van der Waals surface area (Å²) in [5, 5.41) is 0. The van der Waals surface area contributed by atoms with Gasteiger partial charge in [0, 0.05) is 33.4 Å². The Morgan fingerprint density at radius 1 is 0.442 bits per heavy atom. The monoisotopic (exact) mass is 588 g/mol. The molecule has 2 heterocycles. The molecule has 0 saturated heterocycles. The van der Waals surface area contributed by atoms with Crippen molar-refractivity contribution < 1.29 is 35.8 Å². The first-order chi connectivity index (χ1) is 20.3. The lowest BCUT2D eigenvalue weighted by Crippen LogP contribution is -2.58. The molecule has 4 aliphatic rings. The molecule has 0 radical (unpaired) electrons. The number of halogens is 6. The second kappa shape index (κ2) is 7.92. The molecule has 0 spiro atoms. The summed E-state index contributed by atoms with van der Waals surface area (Å²) >= 11 is 0. The van der Waals surface area contributed by atoms with Gasteiger partial charge in [0.25, 0.3) is 0 Å². The van der Waals surface area contributed by atoms with Gasteiger partial charge in [0.1, 0.15) is 11.5 Å². The molecule has 8 rings (SSSR count). The van der Waals surface area contributed by atoms with Crippen molar-refractivity contribution in [2.75, 3.05) is 0 Å². The van der Waals surface area contributed by atoms with Crippen LogP contribution in [0, 0.1) is 0 Å². The molecule has 4 aromatic carbocycles. The summed E-state index contributed by atoms with van der Waals surface area (Å²) in [6, 6.07) is 27.8. The van der Waals surface area contributed by atoms with E-state index < -0.39 is 51.3 Å². The van der Waals surface area contributed by atoms with Crippen LogP contribution >= 0.6 is 0 Å². The minimum atomic E-state index is -5.68. The number of fused-ring (bicyclic) bond motifs is 8. The van der Waals surface area contributed by atoms with Crippen LogP contribution < -0.4 is 9.47 Å². The van der Waals surface area contributed by atoms with Crippen LogP contribution in [-0.4, -0.2) is 29.0 Å². The Kier molecular flexibility index (Phi) is 4.83. The minimum absolute atomic E-state index is 0.0488. The van der Waals surface area contributed by atoms with E-state index in [0.29, 0.717) is 11.1 Å². The summed E-state index contributed by atoms with van der Waals surface area (Å²) < 4.78 is 107. The fourth-order valence-corrected chi connectivity index (χ4v) is 7.11. The molecule has 0 amide bonds. The Bertz CT molecular complexity index is 1790. The molecule has 1 saturated carbocycles. The molecule has 0 aromatic heterocycles. The molecule has 8 heteroatoms. The Morgan fingerprint density at radius 2 is 0.814 bits per heavy atom. The highest BCUT2D eigenvalue weighted by Gasteiger charge is 2.85. The first-order valence-electron chi connectivity index (χ1n) is 13.7. The maximum atomic E-state index is 15.8. The van der Waals surface area contributed by atoms with E-state index in [0.717, 1.165) is 11.1 Å². The van der Waals surface area contributed by atoms with Crippen molar-refractivity contribution in [2.24, 2.45) is 0 Å². The Hall–Kier alpha value is -4.46. The first kappa shape index (κ1) is 26.2. The van der Waals surface area contributed by atoms with E-state index in [-0.39, 0.29) is 22.6 Å². The highest BCUT2D eigenvalue weighted by molar-refractivity contribution is 6.02. The fraction of sp³-hybridized carbons (Fsp3) is 0.200. The average Bonchev–Trinajstić information content (AvgIpc) is 3.50. The highest BCUT2D eigenvalue weighted by atomic mass is 19.3. The lowest BCUT2D eigenvalue weighted by molar-refractivity contribution is -0.257. The van der Waals surface area contributed by atoms with E-state index in [1.165, 1.54) is 26.0 Å². The number of benzene rings is 4. The number of rotatable bonds is 2. The van der Waals surface area contributed by atoms with Gasteiger partial charge in [0.15, 0.2) is 11.2 Å². The quantitative estimate of drug-likeness (QED) is 0.217. The SMILES string of the molecule is CC12Oc3cc(-c4ccccc4)ccc3C1=C1C(=C3c4ccc(-c5ccccc5)cc4OC32C)C(F)(F)C(F)(F)C1(F)F. The maximum Gasteiger partial charge on any atom is 0.380 e. The molecule has 2 atom stereocenters. The second-order valence-corrected chi connectivity index (χ2v) is 11.6. The van der Waals surface area contributed by atoms with Crippen LogP contribution in [0.2, 0.25) is 0 Å². The van der Waals surface area contributed by atoms with Crippen molar-refractivity contribution in [3.8, 4) is 33.8 Å². The van der Waals surface area contributed by atoms with E-state index in [4.69, 9.17) is 9.47 Å². The van der Waals surface area contributed by atoms with Crippen molar-refractivity contribution in [3.63, 3.8) is 0 Å². The molecule has 43 heavy (non-hydrogen) atoms. The number of ether oxygens (including phenoxy) is 2. The van der Waals surface area contributed by atoms with Crippen molar-refractivity contribution in [3.05, 3.63) is 119 Å². The van der Waals surface area contributed by atoms with E-state index in [2.05, 4.69) is 0 Å². The third-order valence-electron chi connectivity index (χ3n) is 9.38. The first-order valence-corrected chi connectivity index (χ1v) is 13.7. The van der Waals surface area contributed by atoms with Gasteiger partial charge in [-0.3, -0.25) is 0 Å². The van der Waals surface area contributed by atoms with E-state index in [1.54, 1.807) is 24.3 Å². The van der Waals surface area contributed by atoms with Gasteiger partial charge in [0.05, 0.1) is 0 Å². The zero-order chi connectivity index (χ0) is 30.2. The molecule has 1 fully saturated rings. The van der Waals surface area contributed by atoms with Crippen molar-refractivity contribution in [1.82, 2.24) is 0 Å². The van der Waals surface area contributed by atoms with E-state index in [9.17, 15) is 0 Å². The molecule has 0 N–H and O–H groups in total. The summed E-state index contributed by atoms with van der Waals surface area (Å²) in [4.78, 5) is 0. The molecule has 2 aliphatic carbocycles. The van der Waals surface area contributed by atoms with Crippen molar-refractivity contribution in [1.29, 1.82) is 0 Å². The van der Waals surface area contributed by atoms with Gasteiger partial charge >= 0.3 is 17.8 Å². The van der Waals surface area contributed by atoms with Crippen molar-refractivity contribution >= 4 is 11.1 Å². The second-order valence-electron chi connectivity index (χ2n) is 11.6. The summed E-state index contributed by atoms with van der Waals surface area (Å²) in [5.41, 5.74) is -4.26. The maximum absolute atomic E-state index is 15.8. The smallest absolute Gasteiger partial charge is 0.380 e. The molecule has 4 aromatic rings. The lowest BCUT2D eigenvalue weighted by atomic mass is 9.65. The van der Waals surface area contributed by atoms with Gasteiger partial charge in [-0.05, 0) is 48.2 Å². The number of hydrogen-bond acceptors (Lipinski definition) is 2. The topological polar surface area (TPSA) is 18.5 Å².